The Morgan fingerprint density at radius 2 is 1.88 bits per heavy atom. The van der Waals surface area contributed by atoms with Crippen LogP contribution in [-0.2, 0) is 11.2 Å². The summed E-state index contributed by atoms with van der Waals surface area (Å²) in [4.78, 5) is 13.9. The summed E-state index contributed by atoms with van der Waals surface area (Å²) in [7, 11) is 0. The number of morpholine rings is 1. The van der Waals surface area contributed by atoms with Crippen molar-refractivity contribution in [3.8, 4) is 0 Å². The summed E-state index contributed by atoms with van der Waals surface area (Å²) in [5, 5.41) is 5.48. The molecule has 0 aliphatic carbocycles. The summed E-state index contributed by atoms with van der Waals surface area (Å²) >= 11 is 0. The molecule has 138 valence electrons. The van der Waals surface area contributed by atoms with E-state index in [1.165, 1.54) is 11.6 Å². The zero-order valence-electron chi connectivity index (χ0n) is 14.7. The smallest absolute Gasteiger partial charge is 0.319 e. The molecular formula is C20H24FN3O2. The summed E-state index contributed by atoms with van der Waals surface area (Å²) in [6.07, 6.45) is 1.76. The van der Waals surface area contributed by atoms with Crippen LogP contribution >= 0.6 is 0 Å². The Hall–Kier alpha value is -2.60. The van der Waals surface area contributed by atoms with E-state index >= 15 is 0 Å². The van der Waals surface area contributed by atoms with Crippen LogP contribution in [-0.4, -0.2) is 38.9 Å². The quantitative estimate of drug-likeness (QED) is 0.779. The van der Waals surface area contributed by atoms with Gasteiger partial charge in [0.25, 0.3) is 0 Å². The van der Waals surface area contributed by atoms with Gasteiger partial charge in [0.2, 0.25) is 0 Å². The third kappa shape index (κ3) is 5.20. The lowest BCUT2D eigenvalue weighted by Gasteiger charge is -2.29. The van der Waals surface area contributed by atoms with Gasteiger partial charge in [0, 0.05) is 25.3 Å². The molecule has 0 spiro atoms. The fraction of sp³-hybridized carbons (Fsp3) is 0.350. The van der Waals surface area contributed by atoms with Gasteiger partial charge in [0.1, 0.15) is 5.82 Å². The van der Waals surface area contributed by atoms with Gasteiger partial charge in [-0.15, -0.1) is 0 Å². The Morgan fingerprint density at radius 3 is 2.62 bits per heavy atom. The molecule has 2 aromatic rings. The molecule has 1 aliphatic rings. The van der Waals surface area contributed by atoms with Crippen molar-refractivity contribution in [3.05, 3.63) is 59.9 Å². The lowest BCUT2D eigenvalue weighted by molar-refractivity contribution is 0.122. The molecule has 0 bridgehead atoms. The first-order valence-electron chi connectivity index (χ1n) is 8.93. The van der Waals surface area contributed by atoms with Crippen LogP contribution < -0.4 is 15.5 Å². The molecule has 6 heteroatoms. The number of carbonyl (C=O) groups is 1. The largest absolute Gasteiger partial charge is 0.378 e. The maximum atomic E-state index is 14.3. The van der Waals surface area contributed by atoms with Crippen LogP contribution in [0.2, 0.25) is 0 Å². The highest BCUT2D eigenvalue weighted by Gasteiger charge is 2.15. The first-order chi connectivity index (χ1) is 12.7. The van der Waals surface area contributed by atoms with Crippen LogP contribution in [0.1, 0.15) is 12.0 Å². The first kappa shape index (κ1) is 18.2. The highest BCUT2D eigenvalue weighted by Crippen LogP contribution is 2.23. The second-order valence-corrected chi connectivity index (χ2v) is 6.24. The molecule has 2 amide bonds. The predicted octanol–water partition coefficient (Wildman–Crippen LogP) is 3.42. The van der Waals surface area contributed by atoms with Crippen LogP contribution in [0.25, 0.3) is 0 Å². The minimum absolute atomic E-state index is 0.323. The number of rotatable bonds is 6. The van der Waals surface area contributed by atoms with Gasteiger partial charge < -0.3 is 20.3 Å². The number of benzene rings is 2. The molecule has 1 aliphatic heterocycles. The lowest BCUT2D eigenvalue weighted by Crippen LogP contribution is -2.36. The molecule has 1 heterocycles. The molecular weight excluding hydrogens is 333 g/mol. The van der Waals surface area contributed by atoms with Gasteiger partial charge in [-0.1, -0.05) is 30.3 Å². The van der Waals surface area contributed by atoms with Crippen molar-refractivity contribution in [2.75, 3.05) is 43.1 Å². The molecule has 0 radical (unpaired) electrons. The Balaban J connectivity index is 1.44. The first-order valence-corrected chi connectivity index (χ1v) is 8.93. The van der Waals surface area contributed by atoms with Crippen molar-refractivity contribution >= 4 is 17.4 Å². The fourth-order valence-electron chi connectivity index (χ4n) is 2.96. The van der Waals surface area contributed by atoms with Crippen molar-refractivity contribution in [3.63, 3.8) is 0 Å². The molecule has 1 saturated heterocycles. The predicted molar refractivity (Wildman–Crippen MR) is 101 cm³/mol. The van der Waals surface area contributed by atoms with Gasteiger partial charge in [0.15, 0.2) is 0 Å². The number of halogens is 1. The van der Waals surface area contributed by atoms with Crippen LogP contribution in [0, 0.1) is 5.82 Å². The average Bonchev–Trinajstić information content (AvgIpc) is 2.67. The molecule has 2 aromatic carbocycles. The Morgan fingerprint density at radius 1 is 1.12 bits per heavy atom. The third-order valence-electron chi connectivity index (χ3n) is 4.33. The molecule has 2 N–H and O–H groups in total. The lowest BCUT2D eigenvalue weighted by atomic mass is 10.1. The Kier molecular flexibility index (Phi) is 6.44. The maximum absolute atomic E-state index is 14.3. The average molecular weight is 357 g/mol. The van der Waals surface area contributed by atoms with Gasteiger partial charge in [-0.2, -0.15) is 0 Å². The SMILES string of the molecule is O=C(NCCCc1ccccc1)Nc1ccc(N2CCOCC2)c(F)c1. The molecule has 3 rings (SSSR count). The van der Waals surface area contributed by atoms with Crippen molar-refractivity contribution < 1.29 is 13.9 Å². The number of amides is 2. The molecule has 0 atom stereocenters. The highest BCUT2D eigenvalue weighted by atomic mass is 19.1. The second kappa shape index (κ2) is 9.20. The minimum Gasteiger partial charge on any atom is -0.378 e. The normalized spacial score (nSPS) is 14.1. The monoisotopic (exact) mass is 357 g/mol. The standard InChI is InChI=1S/C20H24FN3O2/c21-18-15-17(8-9-19(18)24-11-13-26-14-12-24)23-20(25)22-10-4-7-16-5-2-1-3-6-16/h1-3,5-6,8-9,15H,4,7,10-14H2,(H2,22,23,25). The third-order valence-corrected chi connectivity index (χ3v) is 4.33. The van der Waals surface area contributed by atoms with Crippen molar-refractivity contribution in [2.24, 2.45) is 0 Å². The number of nitrogens with one attached hydrogen (secondary N) is 2. The zero-order valence-corrected chi connectivity index (χ0v) is 14.7. The Labute approximate surface area is 153 Å². The molecule has 0 aromatic heterocycles. The molecule has 0 saturated carbocycles. The van der Waals surface area contributed by atoms with Crippen molar-refractivity contribution in [2.45, 2.75) is 12.8 Å². The van der Waals surface area contributed by atoms with Crippen molar-refractivity contribution in [1.29, 1.82) is 0 Å². The van der Waals surface area contributed by atoms with Gasteiger partial charge in [0.05, 0.1) is 18.9 Å². The number of nitrogens with zero attached hydrogens (tertiary/aromatic N) is 1. The number of anilines is 2. The topological polar surface area (TPSA) is 53.6 Å². The summed E-state index contributed by atoms with van der Waals surface area (Å²) in [5.41, 5.74) is 2.23. The van der Waals surface area contributed by atoms with Gasteiger partial charge in [-0.25, -0.2) is 9.18 Å². The van der Waals surface area contributed by atoms with Crippen LogP contribution in [0.4, 0.5) is 20.6 Å². The number of hydrogen-bond donors (Lipinski definition) is 2. The Bertz CT molecular complexity index is 718. The number of urea groups is 1. The van der Waals surface area contributed by atoms with E-state index in [1.807, 2.05) is 23.1 Å². The van der Waals surface area contributed by atoms with E-state index in [9.17, 15) is 9.18 Å². The van der Waals surface area contributed by atoms with E-state index in [2.05, 4.69) is 22.8 Å². The summed E-state index contributed by atoms with van der Waals surface area (Å²) in [6.45, 7) is 3.11. The van der Waals surface area contributed by atoms with Gasteiger partial charge in [-0.05, 0) is 36.6 Å². The minimum atomic E-state index is -0.339. The van der Waals surface area contributed by atoms with Crippen LogP contribution in [0.15, 0.2) is 48.5 Å². The zero-order chi connectivity index (χ0) is 18.2. The van der Waals surface area contributed by atoms with E-state index in [1.54, 1.807) is 12.1 Å². The van der Waals surface area contributed by atoms with E-state index in [4.69, 9.17) is 4.74 Å². The number of carbonyl (C=O) groups excluding carboxylic acids is 1. The van der Waals surface area contributed by atoms with Crippen LogP contribution in [0.5, 0.6) is 0 Å². The second-order valence-electron chi connectivity index (χ2n) is 6.24. The van der Waals surface area contributed by atoms with Crippen LogP contribution in [0.3, 0.4) is 0 Å². The summed E-state index contributed by atoms with van der Waals surface area (Å²) in [5.74, 6) is -0.339. The van der Waals surface area contributed by atoms with Gasteiger partial charge in [-0.3, -0.25) is 0 Å². The van der Waals surface area contributed by atoms with E-state index in [0.717, 1.165) is 12.8 Å². The summed E-state index contributed by atoms with van der Waals surface area (Å²) < 4.78 is 19.6. The van der Waals surface area contributed by atoms with Crippen molar-refractivity contribution in [1.82, 2.24) is 5.32 Å². The van der Waals surface area contributed by atoms with E-state index in [0.29, 0.717) is 44.2 Å². The number of ether oxygens (including phenoxy) is 1. The fourth-order valence-corrected chi connectivity index (χ4v) is 2.96. The van der Waals surface area contributed by atoms with E-state index in [-0.39, 0.29) is 11.8 Å². The molecule has 1 fully saturated rings. The maximum Gasteiger partial charge on any atom is 0.319 e. The highest BCUT2D eigenvalue weighted by molar-refractivity contribution is 5.89. The number of hydrogen-bond acceptors (Lipinski definition) is 3. The number of aryl methyl sites for hydroxylation is 1. The van der Waals surface area contributed by atoms with Gasteiger partial charge >= 0.3 is 6.03 Å². The molecule has 0 unspecified atom stereocenters. The molecule has 26 heavy (non-hydrogen) atoms. The molecule has 5 nitrogen and oxygen atoms in total. The van der Waals surface area contributed by atoms with E-state index < -0.39 is 0 Å². The summed E-state index contributed by atoms with van der Waals surface area (Å²) in [6, 6.07) is 14.6.